The van der Waals surface area contributed by atoms with E-state index in [0.29, 0.717) is 22.5 Å². The highest BCUT2D eigenvalue weighted by molar-refractivity contribution is 5.76. The van der Waals surface area contributed by atoms with Crippen LogP contribution in [0.15, 0.2) is 23.0 Å². The zero-order chi connectivity index (χ0) is 19.0. The van der Waals surface area contributed by atoms with Crippen LogP contribution >= 0.6 is 0 Å². The number of nitrogens with zero attached hydrogens (tertiary/aromatic N) is 3. The van der Waals surface area contributed by atoms with Crippen molar-refractivity contribution in [1.82, 2.24) is 14.3 Å². The summed E-state index contributed by atoms with van der Waals surface area (Å²) in [6.45, 7) is 6.80. The molecule has 2 heterocycles. The second-order valence-electron chi connectivity index (χ2n) is 8.08. The summed E-state index contributed by atoms with van der Waals surface area (Å²) in [5, 5.41) is 0. The van der Waals surface area contributed by atoms with Crippen molar-refractivity contribution < 1.29 is 9.22 Å². The van der Waals surface area contributed by atoms with E-state index >= 15 is 0 Å². The fraction of sp³-hybridized carbons (Fsp3) is 0.667. The maximum absolute atomic E-state index is 14.3. The number of piperidine rings is 1. The molecule has 0 atom stereocenters. The predicted molar refractivity (Wildman–Crippen MR) is 105 cm³/mol. The van der Waals surface area contributed by atoms with E-state index in [4.69, 9.17) is 4.74 Å². The van der Waals surface area contributed by atoms with E-state index in [2.05, 4.69) is 11.8 Å². The van der Waals surface area contributed by atoms with Gasteiger partial charge in [-0.3, -0.25) is 4.57 Å². The summed E-state index contributed by atoms with van der Waals surface area (Å²) in [5.74, 6) is 0. The number of rotatable bonds is 4. The molecule has 2 aromatic rings. The Labute approximate surface area is 159 Å². The Morgan fingerprint density at radius 2 is 1.74 bits per heavy atom. The van der Waals surface area contributed by atoms with Gasteiger partial charge in [-0.2, -0.15) is 0 Å². The van der Waals surface area contributed by atoms with Crippen LogP contribution in [0, 0.1) is 6.92 Å². The standard InChI is InChI=1S/C21H30FN3O2/c1-3-27-18-7-5-16(6-8-18)23-12-10-17(11-13-23)24-20-14-15(2)4-9-19(20)25(22)21(24)26/h4,9,14,16-18H,3,5-8,10-13H2,1-2H3. The SMILES string of the molecule is CCOC1CCC(N2CCC(n3c(=O)n(F)c4ccc(C)cc43)CC2)CC1. The zero-order valence-electron chi connectivity index (χ0n) is 16.4. The average molecular weight is 375 g/mol. The zero-order valence-corrected chi connectivity index (χ0v) is 16.4. The number of benzene rings is 1. The third-order valence-corrected chi connectivity index (χ3v) is 6.40. The van der Waals surface area contributed by atoms with Crippen molar-refractivity contribution in [2.75, 3.05) is 19.7 Å². The van der Waals surface area contributed by atoms with Gasteiger partial charge in [0.05, 0.1) is 11.6 Å². The molecular formula is C21H30FN3O2. The number of likely N-dealkylation sites (tertiary alicyclic amines) is 1. The van der Waals surface area contributed by atoms with E-state index in [-0.39, 0.29) is 6.04 Å². The Morgan fingerprint density at radius 1 is 1.04 bits per heavy atom. The van der Waals surface area contributed by atoms with Crippen molar-refractivity contribution in [3.63, 3.8) is 0 Å². The van der Waals surface area contributed by atoms with Gasteiger partial charge in [0, 0.05) is 31.8 Å². The third kappa shape index (κ3) is 3.57. The van der Waals surface area contributed by atoms with Crippen LogP contribution in [-0.4, -0.2) is 46.1 Å². The van der Waals surface area contributed by atoms with Gasteiger partial charge in [0.2, 0.25) is 0 Å². The number of hydrogen-bond donors (Lipinski definition) is 0. The second kappa shape index (κ2) is 7.76. The Hall–Kier alpha value is -1.66. The molecule has 0 amide bonds. The van der Waals surface area contributed by atoms with E-state index in [1.54, 1.807) is 10.6 Å². The van der Waals surface area contributed by atoms with E-state index in [1.165, 1.54) is 12.8 Å². The first-order chi connectivity index (χ1) is 13.1. The summed E-state index contributed by atoms with van der Waals surface area (Å²) in [7, 11) is 0. The highest BCUT2D eigenvalue weighted by atomic mass is 19.2. The van der Waals surface area contributed by atoms with Gasteiger partial charge in [0.25, 0.3) is 0 Å². The lowest BCUT2D eigenvalue weighted by Gasteiger charge is -2.40. The van der Waals surface area contributed by atoms with Crippen LogP contribution in [0.5, 0.6) is 0 Å². The average Bonchev–Trinajstić information content (AvgIpc) is 2.93. The van der Waals surface area contributed by atoms with Crippen molar-refractivity contribution >= 4 is 11.0 Å². The maximum Gasteiger partial charge on any atom is 0.357 e. The normalized spacial score (nSPS) is 25.3. The monoisotopic (exact) mass is 375 g/mol. The van der Waals surface area contributed by atoms with Crippen molar-refractivity contribution in [3.8, 4) is 0 Å². The van der Waals surface area contributed by atoms with Crippen LogP contribution < -0.4 is 5.69 Å². The third-order valence-electron chi connectivity index (χ3n) is 6.40. The minimum Gasteiger partial charge on any atom is -0.379 e. The van der Waals surface area contributed by atoms with Gasteiger partial charge >= 0.3 is 5.69 Å². The number of aromatic nitrogens is 2. The molecule has 6 heteroatoms. The Kier molecular flexibility index (Phi) is 5.37. The first kappa shape index (κ1) is 18.7. The summed E-state index contributed by atoms with van der Waals surface area (Å²) >= 11 is 0. The number of fused-ring (bicyclic) bond motifs is 1. The topological polar surface area (TPSA) is 39.4 Å². The predicted octanol–water partition coefficient (Wildman–Crippen LogP) is 3.83. The van der Waals surface area contributed by atoms with Crippen molar-refractivity contribution in [3.05, 3.63) is 34.2 Å². The van der Waals surface area contributed by atoms with Gasteiger partial charge in [-0.05, 0) is 70.1 Å². The highest BCUT2D eigenvalue weighted by Gasteiger charge is 2.31. The van der Waals surface area contributed by atoms with Crippen molar-refractivity contribution in [2.24, 2.45) is 0 Å². The number of aryl methyl sites for hydroxylation is 1. The van der Waals surface area contributed by atoms with E-state index < -0.39 is 5.69 Å². The molecule has 0 spiro atoms. The first-order valence-electron chi connectivity index (χ1n) is 10.3. The van der Waals surface area contributed by atoms with Gasteiger partial charge in [-0.1, -0.05) is 10.5 Å². The van der Waals surface area contributed by atoms with Crippen LogP contribution in [0.1, 0.15) is 57.1 Å². The van der Waals surface area contributed by atoms with E-state index in [0.717, 1.165) is 56.5 Å². The quantitative estimate of drug-likeness (QED) is 0.815. The largest absolute Gasteiger partial charge is 0.379 e. The minimum atomic E-state index is -0.536. The summed E-state index contributed by atoms with van der Waals surface area (Å²) in [4.78, 5) is 15.4. The summed E-state index contributed by atoms with van der Waals surface area (Å²) in [6.07, 6.45) is 6.91. The minimum absolute atomic E-state index is 0.0785. The smallest absolute Gasteiger partial charge is 0.357 e. The van der Waals surface area contributed by atoms with Gasteiger partial charge in [-0.25, -0.2) is 4.79 Å². The lowest BCUT2D eigenvalue weighted by atomic mass is 9.90. The fourth-order valence-corrected chi connectivity index (χ4v) is 4.97. The molecule has 2 fully saturated rings. The van der Waals surface area contributed by atoms with E-state index in [9.17, 15) is 9.28 Å². The molecule has 0 unspecified atom stereocenters. The molecule has 0 N–H and O–H groups in total. The van der Waals surface area contributed by atoms with Gasteiger partial charge in [0.1, 0.15) is 5.52 Å². The molecule has 5 nitrogen and oxygen atoms in total. The molecular weight excluding hydrogens is 345 g/mol. The molecule has 1 saturated heterocycles. The molecule has 0 radical (unpaired) electrons. The van der Waals surface area contributed by atoms with Crippen LogP contribution in [0.2, 0.25) is 0 Å². The molecule has 0 bridgehead atoms. The first-order valence-corrected chi connectivity index (χ1v) is 10.3. The lowest BCUT2D eigenvalue weighted by molar-refractivity contribution is 0.00791. The molecule has 1 aliphatic heterocycles. The fourth-order valence-electron chi connectivity index (χ4n) is 4.97. The Balaban J connectivity index is 1.44. The second-order valence-corrected chi connectivity index (χ2v) is 8.08. The van der Waals surface area contributed by atoms with Gasteiger partial charge < -0.3 is 9.64 Å². The molecule has 1 aromatic heterocycles. The van der Waals surface area contributed by atoms with E-state index in [1.807, 2.05) is 19.1 Å². The van der Waals surface area contributed by atoms with Crippen molar-refractivity contribution in [2.45, 2.75) is 70.6 Å². The van der Waals surface area contributed by atoms with Crippen LogP contribution in [0.4, 0.5) is 4.48 Å². The summed E-state index contributed by atoms with van der Waals surface area (Å²) < 4.78 is 21.8. The van der Waals surface area contributed by atoms with Crippen LogP contribution in [0.25, 0.3) is 11.0 Å². The van der Waals surface area contributed by atoms with Gasteiger partial charge in [-0.15, -0.1) is 4.79 Å². The van der Waals surface area contributed by atoms with Gasteiger partial charge in [0.15, 0.2) is 0 Å². The Bertz CT molecular complexity index is 843. The molecule has 148 valence electrons. The van der Waals surface area contributed by atoms with Crippen LogP contribution in [0.3, 0.4) is 0 Å². The summed E-state index contributed by atoms with van der Waals surface area (Å²) in [6, 6.07) is 6.19. The molecule has 1 aromatic carbocycles. The number of halogens is 1. The summed E-state index contributed by atoms with van der Waals surface area (Å²) in [5.41, 5.74) is 1.61. The number of hydrogen-bond acceptors (Lipinski definition) is 3. The molecule has 27 heavy (non-hydrogen) atoms. The lowest BCUT2D eigenvalue weighted by Crippen LogP contribution is -2.45. The number of imidazole rings is 1. The maximum atomic E-state index is 14.3. The molecule has 4 rings (SSSR count). The van der Waals surface area contributed by atoms with Crippen LogP contribution in [-0.2, 0) is 4.74 Å². The Morgan fingerprint density at radius 3 is 2.41 bits per heavy atom. The number of ether oxygens (including phenoxy) is 1. The highest BCUT2D eigenvalue weighted by Crippen LogP contribution is 2.31. The van der Waals surface area contributed by atoms with Crippen molar-refractivity contribution in [1.29, 1.82) is 0 Å². The molecule has 1 aliphatic carbocycles. The molecule has 2 aliphatic rings. The molecule has 1 saturated carbocycles.